The molecular weight excluding hydrogens is 260 g/mol. The second-order valence-corrected chi connectivity index (χ2v) is 5.90. The van der Waals surface area contributed by atoms with Crippen LogP contribution in [0, 0.1) is 5.41 Å². The Balaban J connectivity index is 1.81. The highest BCUT2D eigenvalue weighted by Gasteiger charge is 2.34. The van der Waals surface area contributed by atoms with Crippen molar-refractivity contribution >= 4 is 5.96 Å². The van der Waals surface area contributed by atoms with Crippen LogP contribution >= 0.6 is 0 Å². The summed E-state index contributed by atoms with van der Waals surface area (Å²) in [7, 11) is 0. The Morgan fingerprint density at radius 1 is 1.29 bits per heavy atom. The lowest BCUT2D eigenvalue weighted by Gasteiger charge is -2.40. The van der Waals surface area contributed by atoms with Crippen molar-refractivity contribution in [3.63, 3.8) is 0 Å². The molecule has 0 bridgehead atoms. The summed E-state index contributed by atoms with van der Waals surface area (Å²) in [6.45, 7) is 7.10. The molecule has 0 unspecified atom stereocenters. The van der Waals surface area contributed by atoms with Crippen LogP contribution in [0.3, 0.4) is 0 Å². The summed E-state index contributed by atoms with van der Waals surface area (Å²) < 4.78 is 0. The Morgan fingerprint density at radius 3 is 2.71 bits per heavy atom. The molecule has 1 saturated carbocycles. The van der Waals surface area contributed by atoms with Crippen molar-refractivity contribution < 1.29 is 0 Å². The first-order valence-corrected chi connectivity index (χ1v) is 8.20. The Kier molecular flexibility index (Phi) is 6.03. The van der Waals surface area contributed by atoms with Gasteiger partial charge in [-0.15, -0.1) is 0 Å². The first-order valence-electron chi connectivity index (χ1n) is 8.20. The predicted octanol–water partition coefficient (Wildman–Crippen LogP) is 2.76. The van der Waals surface area contributed by atoms with E-state index in [1.165, 1.54) is 25.7 Å². The van der Waals surface area contributed by atoms with Crippen LogP contribution in [0.2, 0.25) is 0 Å². The molecule has 1 aromatic rings. The molecule has 116 valence electrons. The molecule has 1 aliphatic rings. The van der Waals surface area contributed by atoms with E-state index < -0.39 is 0 Å². The van der Waals surface area contributed by atoms with Gasteiger partial charge in [0.1, 0.15) is 0 Å². The summed E-state index contributed by atoms with van der Waals surface area (Å²) >= 11 is 0. The number of nitrogens with zero attached hydrogens (tertiary/aromatic N) is 2. The second kappa shape index (κ2) is 8.01. The fourth-order valence-electron chi connectivity index (χ4n) is 2.74. The zero-order valence-corrected chi connectivity index (χ0v) is 13.4. The van der Waals surface area contributed by atoms with Crippen LogP contribution in [0.4, 0.5) is 0 Å². The quantitative estimate of drug-likeness (QED) is 0.599. The number of hydrogen-bond donors (Lipinski definition) is 2. The van der Waals surface area contributed by atoms with Gasteiger partial charge in [0.15, 0.2) is 5.96 Å². The fourth-order valence-corrected chi connectivity index (χ4v) is 2.74. The number of nitrogens with one attached hydrogen (secondary N) is 2. The Morgan fingerprint density at radius 2 is 2.14 bits per heavy atom. The smallest absolute Gasteiger partial charge is 0.191 e. The first-order chi connectivity index (χ1) is 10.3. The maximum Gasteiger partial charge on any atom is 0.191 e. The van der Waals surface area contributed by atoms with Gasteiger partial charge in [0.2, 0.25) is 0 Å². The van der Waals surface area contributed by atoms with Gasteiger partial charge >= 0.3 is 0 Å². The van der Waals surface area contributed by atoms with E-state index in [0.29, 0.717) is 5.41 Å². The van der Waals surface area contributed by atoms with E-state index in [4.69, 9.17) is 4.99 Å². The fraction of sp³-hybridized carbons (Fsp3) is 0.647. The molecule has 1 fully saturated rings. The summed E-state index contributed by atoms with van der Waals surface area (Å²) in [5.74, 6) is 0.938. The minimum atomic E-state index is 0.476. The van der Waals surface area contributed by atoms with Crippen molar-refractivity contribution in [2.75, 3.05) is 19.6 Å². The van der Waals surface area contributed by atoms with Crippen molar-refractivity contribution in [3.8, 4) is 0 Å². The summed E-state index contributed by atoms with van der Waals surface area (Å²) in [6.07, 6.45) is 8.04. The van der Waals surface area contributed by atoms with Crippen LogP contribution in [0.15, 0.2) is 29.4 Å². The highest BCUT2D eigenvalue weighted by molar-refractivity contribution is 5.79. The van der Waals surface area contributed by atoms with Gasteiger partial charge in [-0.3, -0.25) is 9.98 Å². The standard InChI is InChI=1S/C17H28N4/c1-3-17(10-7-11-17)14-21-16(18-4-2)20-13-9-15-8-5-6-12-19-15/h5-6,8,12H,3-4,7,9-11,13-14H2,1-2H3,(H2,18,20,21). The average Bonchev–Trinajstić information content (AvgIpc) is 2.47. The topological polar surface area (TPSA) is 49.3 Å². The lowest BCUT2D eigenvalue weighted by Crippen LogP contribution is -2.40. The van der Waals surface area contributed by atoms with E-state index in [2.05, 4.69) is 35.5 Å². The van der Waals surface area contributed by atoms with E-state index in [1.807, 2.05) is 18.3 Å². The lowest BCUT2D eigenvalue weighted by atomic mass is 9.67. The molecule has 1 aromatic heterocycles. The maximum atomic E-state index is 4.78. The third-order valence-corrected chi connectivity index (χ3v) is 4.48. The molecule has 1 aliphatic carbocycles. The first kappa shape index (κ1) is 15.8. The van der Waals surface area contributed by atoms with E-state index in [0.717, 1.165) is 37.7 Å². The summed E-state index contributed by atoms with van der Waals surface area (Å²) in [5, 5.41) is 6.75. The molecule has 0 saturated heterocycles. The van der Waals surface area contributed by atoms with Crippen LogP contribution in [0.25, 0.3) is 0 Å². The van der Waals surface area contributed by atoms with Crippen LogP contribution in [-0.4, -0.2) is 30.6 Å². The summed E-state index contributed by atoms with van der Waals surface area (Å²) in [6, 6.07) is 6.04. The van der Waals surface area contributed by atoms with Gasteiger partial charge in [0.25, 0.3) is 0 Å². The molecule has 2 N–H and O–H groups in total. The number of guanidine groups is 1. The number of pyridine rings is 1. The van der Waals surface area contributed by atoms with Gasteiger partial charge in [-0.05, 0) is 43.7 Å². The SMILES string of the molecule is CCNC(=NCC1(CC)CCC1)NCCc1ccccn1. The molecule has 0 amide bonds. The van der Waals surface area contributed by atoms with Crippen LogP contribution in [0.1, 0.15) is 45.2 Å². The molecule has 0 radical (unpaired) electrons. The molecule has 4 nitrogen and oxygen atoms in total. The highest BCUT2D eigenvalue weighted by atomic mass is 15.2. The van der Waals surface area contributed by atoms with Crippen molar-refractivity contribution in [2.24, 2.45) is 10.4 Å². The number of hydrogen-bond acceptors (Lipinski definition) is 2. The molecule has 0 atom stereocenters. The number of rotatable bonds is 7. The lowest BCUT2D eigenvalue weighted by molar-refractivity contribution is 0.139. The van der Waals surface area contributed by atoms with Crippen LogP contribution < -0.4 is 10.6 Å². The van der Waals surface area contributed by atoms with Gasteiger partial charge in [-0.25, -0.2) is 0 Å². The largest absolute Gasteiger partial charge is 0.357 e. The van der Waals surface area contributed by atoms with Crippen molar-refractivity contribution in [2.45, 2.75) is 46.0 Å². The van der Waals surface area contributed by atoms with E-state index in [1.54, 1.807) is 0 Å². The summed E-state index contributed by atoms with van der Waals surface area (Å²) in [4.78, 5) is 9.13. The van der Waals surface area contributed by atoms with Gasteiger partial charge in [-0.2, -0.15) is 0 Å². The van der Waals surface area contributed by atoms with Gasteiger partial charge in [0, 0.05) is 37.9 Å². The Bertz CT molecular complexity index is 432. The minimum Gasteiger partial charge on any atom is -0.357 e. The molecule has 0 spiro atoms. The highest BCUT2D eigenvalue weighted by Crippen LogP contribution is 2.43. The third-order valence-electron chi connectivity index (χ3n) is 4.48. The monoisotopic (exact) mass is 288 g/mol. The molecule has 1 heterocycles. The summed E-state index contributed by atoms with van der Waals surface area (Å²) in [5.41, 5.74) is 1.59. The number of aromatic nitrogens is 1. The van der Waals surface area contributed by atoms with E-state index >= 15 is 0 Å². The van der Waals surface area contributed by atoms with E-state index in [9.17, 15) is 0 Å². The molecule has 21 heavy (non-hydrogen) atoms. The molecular formula is C17H28N4. The zero-order chi connectivity index (χ0) is 15.0. The van der Waals surface area contributed by atoms with Crippen molar-refractivity contribution in [1.82, 2.24) is 15.6 Å². The van der Waals surface area contributed by atoms with Crippen molar-refractivity contribution in [3.05, 3.63) is 30.1 Å². The molecule has 4 heteroatoms. The molecule has 0 aromatic carbocycles. The van der Waals surface area contributed by atoms with Crippen molar-refractivity contribution in [1.29, 1.82) is 0 Å². The zero-order valence-electron chi connectivity index (χ0n) is 13.4. The average molecular weight is 288 g/mol. The van der Waals surface area contributed by atoms with Gasteiger partial charge in [0.05, 0.1) is 0 Å². The van der Waals surface area contributed by atoms with Crippen LogP contribution in [-0.2, 0) is 6.42 Å². The Labute approximate surface area is 128 Å². The second-order valence-electron chi connectivity index (χ2n) is 5.90. The Hall–Kier alpha value is -1.58. The van der Waals surface area contributed by atoms with Crippen LogP contribution in [0.5, 0.6) is 0 Å². The molecule has 0 aliphatic heterocycles. The van der Waals surface area contributed by atoms with Gasteiger partial charge in [-0.1, -0.05) is 19.4 Å². The maximum absolute atomic E-state index is 4.78. The van der Waals surface area contributed by atoms with Gasteiger partial charge < -0.3 is 10.6 Å². The normalized spacial score (nSPS) is 17.1. The molecule has 2 rings (SSSR count). The van der Waals surface area contributed by atoms with E-state index in [-0.39, 0.29) is 0 Å². The predicted molar refractivity (Wildman–Crippen MR) is 88.5 cm³/mol. The third kappa shape index (κ3) is 4.73. The number of aliphatic imine (C=N–C) groups is 1. The minimum absolute atomic E-state index is 0.476.